The molecule has 1 aromatic carbocycles. The van der Waals surface area contributed by atoms with Crippen LogP contribution in [-0.2, 0) is 25.7 Å². The van der Waals surface area contributed by atoms with Crippen molar-refractivity contribution in [3.63, 3.8) is 0 Å². The summed E-state index contributed by atoms with van der Waals surface area (Å²) in [5, 5.41) is 0. The minimum atomic E-state index is 1.06. The van der Waals surface area contributed by atoms with Crippen molar-refractivity contribution in [2.75, 3.05) is 0 Å². The van der Waals surface area contributed by atoms with Crippen molar-refractivity contribution >= 4 is 5.52 Å². The number of nitrogens with zero attached hydrogens (tertiary/aromatic N) is 2. The standard InChI is InChI=1S/C17H16N2/c1-3-14-4-2-13(1)5-7-15-8-10-16(9-6-14)19-12-18-11-17(15)19/h1-4,8,10-12H,5-7,9H2. The van der Waals surface area contributed by atoms with Crippen LogP contribution < -0.4 is 0 Å². The van der Waals surface area contributed by atoms with Crippen LogP contribution in [0, 0.1) is 0 Å². The van der Waals surface area contributed by atoms with Gasteiger partial charge in [0.1, 0.15) is 0 Å². The molecule has 7 rings (SSSR count). The third-order valence-corrected chi connectivity index (χ3v) is 4.13. The van der Waals surface area contributed by atoms with Crippen LogP contribution >= 0.6 is 0 Å². The first-order chi connectivity index (χ1) is 9.40. The SMILES string of the molecule is c1cc2ccc1CCc1ccc(n3cncc13)CC2. The van der Waals surface area contributed by atoms with E-state index in [4.69, 9.17) is 0 Å². The number of aromatic nitrogens is 2. The number of pyridine rings is 1. The summed E-state index contributed by atoms with van der Waals surface area (Å²) in [6.45, 7) is 0. The molecule has 94 valence electrons. The fourth-order valence-corrected chi connectivity index (χ4v) is 2.96. The van der Waals surface area contributed by atoms with Crippen LogP contribution in [0.15, 0.2) is 48.9 Å². The van der Waals surface area contributed by atoms with Gasteiger partial charge in [0.05, 0.1) is 18.0 Å². The van der Waals surface area contributed by atoms with Gasteiger partial charge in [0.25, 0.3) is 0 Å². The van der Waals surface area contributed by atoms with E-state index in [9.17, 15) is 0 Å². The van der Waals surface area contributed by atoms with E-state index in [1.54, 1.807) is 0 Å². The Morgan fingerprint density at radius 1 is 0.789 bits per heavy atom. The van der Waals surface area contributed by atoms with Crippen molar-refractivity contribution in [1.82, 2.24) is 9.38 Å². The molecule has 4 heterocycles. The lowest BCUT2D eigenvalue weighted by Gasteiger charge is -2.12. The molecule has 2 nitrogen and oxygen atoms in total. The van der Waals surface area contributed by atoms with E-state index in [2.05, 4.69) is 45.8 Å². The molecule has 2 aliphatic heterocycles. The second kappa shape index (κ2) is 4.23. The largest absolute Gasteiger partial charge is 0.303 e. The Kier molecular flexibility index (Phi) is 2.41. The summed E-state index contributed by atoms with van der Waals surface area (Å²) < 4.78 is 2.25. The van der Waals surface area contributed by atoms with Gasteiger partial charge in [-0.25, -0.2) is 4.98 Å². The van der Waals surface area contributed by atoms with Crippen molar-refractivity contribution < 1.29 is 0 Å². The summed E-state index contributed by atoms with van der Waals surface area (Å²) in [6, 6.07) is 13.6. The molecule has 2 aliphatic carbocycles. The average molecular weight is 248 g/mol. The van der Waals surface area contributed by atoms with Gasteiger partial charge in [0, 0.05) is 5.69 Å². The Hall–Kier alpha value is -2.09. The minimum absolute atomic E-state index is 1.06. The summed E-state index contributed by atoms with van der Waals surface area (Å²) in [5.74, 6) is 0. The molecule has 0 saturated heterocycles. The highest BCUT2D eigenvalue weighted by molar-refractivity contribution is 5.54. The topological polar surface area (TPSA) is 17.3 Å². The average Bonchev–Trinajstić information content (AvgIpc) is 2.91. The molecular weight excluding hydrogens is 232 g/mol. The van der Waals surface area contributed by atoms with Crippen molar-refractivity contribution in [2.24, 2.45) is 0 Å². The summed E-state index contributed by atoms with van der Waals surface area (Å²) >= 11 is 0. The van der Waals surface area contributed by atoms with Crippen LogP contribution in [0.5, 0.6) is 0 Å². The molecule has 0 N–H and O–H groups in total. The third-order valence-electron chi connectivity index (χ3n) is 4.13. The van der Waals surface area contributed by atoms with Gasteiger partial charge in [-0.05, 0) is 48.4 Å². The summed E-state index contributed by atoms with van der Waals surface area (Å²) in [7, 11) is 0. The van der Waals surface area contributed by atoms with Gasteiger partial charge in [-0.1, -0.05) is 30.3 Å². The highest BCUT2D eigenvalue weighted by atomic mass is 15.0. The lowest BCUT2D eigenvalue weighted by molar-refractivity contribution is 0.863. The molecular formula is C17H16N2. The normalized spacial score (nSPS) is 14.5. The first kappa shape index (κ1) is 10.8. The second-order valence-electron chi connectivity index (χ2n) is 5.32. The zero-order valence-corrected chi connectivity index (χ0v) is 10.8. The van der Waals surface area contributed by atoms with Crippen LogP contribution in [0.1, 0.15) is 22.4 Å². The Morgan fingerprint density at radius 2 is 1.53 bits per heavy atom. The zero-order valence-electron chi connectivity index (χ0n) is 10.8. The van der Waals surface area contributed by atoms with E-state index in [0.717, 1.165) is 25.7 Å². The summed E-state index contributed by atoms with van der Waals surface area (Å²) in [6.07, 6.45) is 8.27. The van der Waals surface area contributed by atoms with Gasteiger partial charge in [-0.2, -0.15) is 0 Å². The van der Waals surface area contributed by atoms with Crippen LogP contribution in [0.25, 0.3) is 5.52 Å². The zero-order chi connectivity index (χ0) is 12.7. The van der Waals surface area contributed by atoms with Gasteiger partial charge in [0.15, 0.2) is 0 Å². The number of benzene rings is 1. The maximum atomic E-state index is 4.33. The molecule has 4 bridgehead atoms. The van der Waals surface area contributed by atoms with E-state index in [0.29, 0.717) is 0 Å². The predicted molar refractivity (Wildman–Crippen MR) is 76.5 cm³/mol. The van der Waals surface area contributed by atoms with Crippen molar-refractivity contribution in [3.8, 4) is 0 Å². The van der Waals surface area contributed by atoms with Crippen molar-refractivity contribution in [2.45, 2.75) is 25.7 Å². The lowest BCUT2D eigenvalue weighted by Crippen LogP contribution is -2.03. The maximum absolute atomic E-state index is 4.33. The number of hydrogen-bond donors (Lipinski definition) is 0. The molecule has 0 atom stereocenters. The van der Waals surface area contributed by atoms with Gasteiger partial charge in [-0.3, -0.25) is 0 Å². The highest BCUT2D eigenvalue weighted by Crippen LogP contribution is 2.19. The molecule has 0 saturated carbocycles. The van der Waals surface area contributed by atoms with Gasteiger partial charge >= 0.3 is 0 Å². The van der Waals surface area contributed by atoms with E-state index < -0.39 is 0 Å². The molecule has 4 aliphatic rings. The monoisotopic (exact) mass is 248 g/mol. The fraction of sp³-hybridized carbons (Fsp3) is 0.235. The van der Waals surface area contributed by atoms with E-state index in [1.807, 2.05) is 12.5 Å². The Balaban J connectivity index is 1.88. The number of imidazole rings is 1. The summed E-state index contributed by atoms with van der Waals surface area (Å²) in [5.41, 5.74) is 6.85. The molecule has 0 radical (unpaired) electrons. The third kappa shape index (κ3) is 1.84. The van der Waals surface area contributed by atoms with Crippen molar-refractivity contribution in [1.29, 1.82) is 0 Å². The molecule has 2 aromatic heterocycles. The van der Waals surface area contributed by atoms with E-state index in [1.165, 1.54) is 27.9 Å². The Morgan fingerprint density at radius 3 is 2.32 bits per heavy atom. The smallest absolute Gasteiger partial charge is 0.0994 e. The molecule has 0 amide bonds. The first-order valence-electron chi connectivity index (χ1n) is 6.91. The van der Waals surface area contributed by atoms with E-state index in [-0.39, 0.29) is 0 Å². The van der Waals surface area contributed by atoms with E-state index >= 15 is 0 Å². The molecule has 19 heavy (non-hydrogen) atoms. The number of hydrogen-bond acceptors (Lipinski definition) is 1. The molecule has 0 spiro atoms. The lowest BCUT2D eigenvalue weighted by atomic mass is 9.99. The maximum Gasteiger partial charge on any atom is 0.0994 e. The van der Waals surface area contributed by atoms with Crippen molar-refractivity contribution in [3.05, 3.63) is 71.3 Å². The fourth-order valence-electron chi connectivity index (χ4n) is 2.96. The Bertz CT molecular complexity index is 662. The summed E-state index contributed by atoms with van der Waals surface area (Å²) in [4.78, 5) is 4.33. The molecule has 0 unspecified atom stereocenters. The highest BCUT2D eigenvalue weighted by Gasteiger charge is 2.08. The van der Waals surface area contributed by atoms with Crippen LogP contribution in [0.2, 0.25) is 0 Å². The predicted octanol–water partition coefficient (Wildman–Crippen LogP) is 3.22. The quantitative estimate of drug-likeness (QED) is 0.597. The van der Waals surface area contributed by atoms with Gasteiger partial charge < -0.3 is 4.40 Å². The molecule has 2 heteroatoms. The number of aryl methyl sites for hydroxylation is 4. The second-order valence-corrected chi connectivity index (χ2v) is 5.32. The van der Waals surface area contributed by atoms with Crippen LogP contribution in [0.4, 0.5) is 0 Å². The molecule has 0 fully saturated rings. The van der Waals surface area contributed by atoms with Gasteiger partial charge in [0.2, 0.25) is 0 Å². The molecule has 3 aromatic rings. The minimum Gasteiger partial charge on any atom is -0.303 e. The first-order valence-corrected chi connectivity index (χ1v) is 6.91. The van der Waals surface area contributed by atoms with Crippen LogP contribution in [0.3, 0.4) is 0 Å². The number of rotatable bonds is 0. The van der Waals surface area contributed by atoms with Gasteiger partial charge in [-0.15, -0.1) is 0 Å². The van der Waals surface area contributed by atoms with Crippen LogP contribution in [-0.4, -0.2) is 9.38 Å². The Labute approximate surface area is 112 Å².